The summed E-state index contributed by atoms with van der Waals surface area (Å²) in [6.07, 6.45) is 5.63. The summed E-state index contributed by atoms with van der Waals surface area (Å²) in [5.41, 5.74) is 13.4. The molecule has 490 valence electrons. The molecular formula is C62H89N15O13. The van der Waals surface area contributed by atoms with Crippen molar-refractivity contribution >= 4 is 76.0 Å². The highest BCUT2D eigenvalue weighted by molar-refractivity contribution is 5.99. The second-order valence-electron chi connectivity index (χ2n) is 23.8. The molecule has 2 aromatic heterocycles. The molecule has 9 amide bonds. The normalized spacial score (nSPS) is 17.0. The van der Waals surface area contributed by atoms with Crippen molar-refractivity contribution in [3.8, 4) is 5.75 Å². The summed E-state index contributed by atoms with van der Waals surface area (Å²) in [4.78, 5) is 156. The number of aliphatic hydroxyl groups is 1. The van der Waals surface area contributed by atoms with E-state index in [0.717, 1.165) is 10.9 Å². The number of fused-ring (bicyclic) bond motifs is 1. The summed E-state index contributed by atoms with van der Waals surface area (Å²) in [7, 11) is 0. The molecule has 6 rings (SSSR count). The molecule has 2 aliphatic heterocycles. The third-order valence-corrected chi connectivity index (χ3v) is 15.2. The number of H-pyrrole nitrogens is 2. The van der Waals surface area contributed by atoms with E-state index in [1.165, 1.54) is 17.4 Å². The summed E-state index contributed by atoms with van der Waals surface area (Å²) in [6.45, 7) is 12.2. The van der Waals surface area contributed by atoms with Crippen LogP contribution in [0.1, 0.15) is 117 Å². The number of amides is 9. The Bertz CT molecular complexity index is 3130. The number of guanidine groups is 1. The monoisotopic (exact) mass is 1250 g/mol. The van der Waals surface area contributed by atoms with Crippen LogP contribution in [-0.2, 0) is 71.9 Å². The lowest BCUT2D eigenvalue weighted by Gasteiger charge is -2.30. The van der Waals surface area contributed by atoms with E-state index in [1.54, 1.807) is 43.5 Å². The number of benzene rings is 2. The maximum Gasteiger partial charge on any atom is 0.328 e. The number of aliphatic imine (C=N–C) groups is 1. The number of esters is 1. The fourth-order valence-electron chi connectivity index (χ4n) is 10.8. The first-order valence-corrected chi connectivity index (χ1v) is 30.8. The molecule has 0 bridgehead atoms. The molecule has 4 aromatic rings. The first kappa shape index (κ1) is 70.0. The highest BCUT2D eigenvalue weighted by Crippen LogP contribution is 2.23. The second kappa shape index (κ2) is 34.0. The van der Waals surface area contributed by atoms with Gasteiger partial charge in [0.05, 0.1) is 25.6 Å². The van der Waals surface area contributed by atoms with Crippen molar-refractivity contribution in [3.63, 3.8) is 0 Å². The molecule has 9 atom stereocenters. The van der Waals surface area contributed by atoms with Crippen molar-refractivity contribution in [1.82, 2.24) is 62.4 Å². The van der Waals surface area contributed by atoms with E-state index in [9.17, 15) is 53.1 Å². The van der Waals surface area contributed by atoms with Crippen LogP contribution in [-0.4, -0.2) is 177 Å². The van der Waals surface area contributed by atoms with Crippen LogP contribution < -0.4 is 58.7 Å². The molecule has 2 aromatic carbocycles. The van der Waals surface area contributed by atoms with Gasteiger partial charge in [-0.3, -0.25) is 48.1 Å². The molecule has 0 saturated carbocycles. The fourth-order valence-corrected chi connectivity index (χ4v) is 10.8. The van der Waals surface area contributed by atoms with E-state index in [4.69, 9.17) is 20.9 Å². The molecule has 2 saturated heterocycles. The van der Waals surface area contributed by atoms with Crippen LogP contribution in [0.15, 0.2) is 72.2 Å². The third-order valence-electron chi connectivity index (χ3n) is 15.2. The Morgan fingerprint density at radius 2 is 1.29 bits per heavy atom. The Hall–Kier alpha value is -9.08. The highest BCUT2D eigenvalue weighted by Gasteiger charge is 2.40. The minimum Gasteiger partial charge on any atom is -0.491 e. The Labute approximate surface area is 523 Å². The van der Waals surface area contributed by atoms with Gasteiger partial charge in [0, 0.05) is 67.8 Å². The number of carbonyl (C=O) groups excluding carboxylic acids is 10. The van der Waals surface area contributed by atoms with E-state index in [0.29, 0.717) is 35.4 Å². The smallest absolute Gasteiger partial charge is 0.328 e. The minimum atomic E-state index is -1.74. The topological polar surface area (TPSA) is 418 Å². The molecule has 0 unspecified atom stereocenters. The molecule has 0 spiro atoms. The van der Waals surface area contributed by atoms with Crippen molar-refractivity contribution in [2.24, 2.45) is 28.3 Å². The molecule has 2 fully saturated rings. The number of nitrogens with zero attached hydrogens (tertiary/aromatic N) is 3. The number of carbonyl (C=O) groups is 10. The number of imidazole rings is 1. The summed E-state index contributed by atoms with van der Waals surface area (Å²) in [5, 5.41) is 33.3. The average molecular weight is 1250 g/mol. The number of aliphatic hydroxyl groups excluding tert-OH is 1. The summed E-state index contributed by atoms with van der Waals surface area (Å²) >= 11 is 0. The standard InChI is InChI=1S/C62H89N15O13/c1-8-89-61(88)51-16-12-24-77(51)60(87)44(15-11-23-66-62(63)64)70-54(81)45(25-34(2)3)71-55(82)46(26-35(4)5)72-56(83)47(27-37-17-19-40(20-18-37)90-36(6)7)73-59(86)50(32-78)76-57(84)48(28-38-30-67-42-14-10-9-13-41(38)42)74-58(85)49(29-39-31-65-33-68-39)75-53(80)43-21-22-52(79)69-43/h9-10,13-14,17-20,30-31,33-36,43-51,67,78H,8,11-12,15-16,21-29,32H2,1-7H3,(H,65,68)(H,69,79)(H,70,81)(H,71,82)(H,72,83)(H,73,86)(H,74,85)(H,75,80)(H,76,84)(H4,63,64,66)/t43-,44-,45-,46-,47-,48-,49-,50-,51-/m0/s1. The lowest BCUT2D eigenvalue weighted by molar-refractivity contribution is -0.154. The predicted molar refractivity (Wildman–Crippen MR) is 332 cm³/mol. The number of likely N-dealkylation sites (tertiary alicyclic amines) is 1. The lowest BCUT2D eigenvalue weighted by Crippen LogP contribution is -2.61. The van der Waals surface area contributed by atoms with Gasteiger partial charge in [-0.2, -0.15) is 0 Å². The van der Waals surface area contributed by atoms with Gasteiger partial charge in [0.15, 0.2) is 5.96 Å². The van der Waals surface area contributed by atoms with Gasteiger partial charge in [-0.25, -0.2) is 9.78 Å². The molecule has 28 heteroatoms. The van der Waals surface area contributed by atoms with E-state index < -0.39 is 114 Å². The first-order chi connectivity index (χ1) is 42.9. The van der Waals surface area contributed by atoms with Gasteiger partial charge in [-0.15, -0.1) is 0 Å². The number of aromatic amines is 2. The van der Waals surface area contributed by atoms with Crippen LogP contribution >= 0.6 is 0 Å². The summed E-state index contributed by atoms with van der Waals surface area (Å²) < 4.78 is 11.1. The van der Waals surface area contributed by atoms with Gasteiger partial charge >= 0.3 is 5.97 Å². The maximum atomic E-state index is 14.9. The SMILES string of the molecule is CCOC(=O)[C@@H]1CCCN1C(=O)[C@H](CCCN=C(N)N)NC(=O)[C@H](CC(C)C)NC(=O)[C@H](CC(C)C)NC(=O)[C@H](Cc1ccc(OC(C)C)cc1)NC(=O)[C@H](CO)NC(=O)[C@H](Cc1c[nH]c2ccccc12)NC(=O)[C@H](Cc1cnc[nH]1)NC(=O)[C@@H]1CCC(=O)N1. The molecule has 4 heterocycles. The molecule has 15 N–H and O–H groups in total. The van der Waals surface area contributed by atoms with Crippen molar-refractivity contribution in [1.29, 1.82) is 0 Å². The highest BCUT2D eigenvalue weighted by atomic mass is 16.5. The van der Waals surface area contributed by atoms with Gasteiger partial charge < -0.3 is 83.4 Å². The van der Waals surface area contributed by atoms with Crippen molar-refractivity contribution < 1.29 is 62.5 Å². The lowest BCUT2D eigenvalue weighted by atomic mass is 9.98. The Morgan fingerprint density at radius 1 is 0.711 bits per heavy atom. The largest absolute Gasteiger partial charge is 0.491 e. The molecule has 0 radical (unpaired) electrons. The molecule has 28 nitrogen and oxygen atoms in total. The van der Waals surface area contributed by atoms with Crippen molar-refractivity contribution in [3.05, 3.63) is 84.1 Å². The average Bonchev–Trinajstić information content (AvgIpc) is 1.81. The van der Waals surface area contributed by atoms with E-state index in [2.05, 4.69) is 62.5 Å². The minimum absolute atomic E-state index is 0.0496. The summed E-state index contributed by atoms with van der Waals surface area (Å²) in [6, 6.07) is 2.54. The Morgan fingerprint density at radius 3 is 1.86 bits per heavy atom. The van der Waals surface area contributed by atoms with Crippen LogP contribution in [0, 0.1) is 11.8 Å². The Kier molecular flexibility index (Phi) is 26.5. The van der Waals surface area contributed by atoms with Gasteiger partial charge in [0.1, 0.15) is 60.1 Å². The second-order valence-corrected chi connectivity index (χ2v) is 23.8. The van der Waals surface area contributed by atoms with Crippen LogP contribution in [0.5, 0.6) is 5.75 Å². The molecule has 2 aliphatic rings. The Balaban J connectivity index is 1.25. The number of rotatable bonds is 34. The number of nitrogens with two attached hydrogens (primary N) is 2. The molecule has 90 heavy (non-hydrogen) atoms. The first-order valence-electron chi connectivity index (χ1n) is 30.8. The zero-order chi connectivity index (χ0) is 65.6. The molecular weight excluding hydrogens is 1160 g/mol. The molecule has 0 aliphatic carbocycles. The van der Waals surface area contributed by atoms with E-state index in [-0.39, 0.29) is 107 Å². The maximum absolute atomic E-state index is 14.9. The quantitative estimate of drug-likeness (QED) is 0.0127. The number of hydrogen-bond donors (Lipinski definition) is 13. The number of para-hydroxylation sites is 1. The van der Waals surface area contributed by atoms with Gasteiger partial charge in [-0.1, -0.05) is 58.0 Å². The van der Waals surface area contributed by atoms with E-state index in [1.807, 2.05) is 59.7 Å². The van der Waals surface area contributed by atoms with Crippen molar-refractivity contribution in [2.45, 2.75) is 180 Å². The number of aromatic nitrogens is 3. The summed E-state index contributed by atoms with van der Waals surface area (Å²) in [5.74, 6) is -7.12. The van der Waals surface area contributed by atoms with Crippen LogP contribution in [0.3, 0.4) is 0 Å². The zero-order valence-corrected chi connectivity index (χ0v) is 52.2. The van der Waals surface area contributed by atoms with Crippen LogP contribution in [0.4, 0.5) is 0 Å². The number of ether oxygens (including phenoxy) is 2. The van der Waals surface area contributed by atoms with Crippen LogP contribution in [0.2, 0.25) is 0 Å². The third kappa shape index (κ3) is 21.0. The fraction of sp³-hybridized carbons (Fsp3) is 0.548. The van der Waals surface area contributed by atoms with Gasteiger partial charge in [0.2, 0.25) is 53.2 Å². The zero-order valence-electron chi connectivity index (χ0n) is 52.2. The van der Waals surface area contributed by atoms with Crippen molar-refractivity contribution in [2.75, 3.05) is 26.3 Å². The van der Waals surface area contributed by atoms with Crippen LogP contribution in [0.25, 0.3) is 10.9 Å². The number of hydrogen-bond acceptors (Lipinski definition) is 15. The van der Waals surface area contributed by atoms with Gasteiger partial charge in [-0.05, 0) is 107 Å². The predicted octanol–water partition coefficient (Wildman–Crippen LogP) is 0.0705. The van der Waals surface area contributed by atoms with E-state index >= 15 is 0 Å². The number of nitrogens with one attached hydrogen (secondary N) is 10. The van der Waals surface area contributed by atoms with Gasteiger partial charge in [0.25, 0.3) is 0 Å².